The fourth-order valence-electron chi connectivity index (χ4n) is 2.00. The number of benzene rings is 1. The van der Waals surface area contributed by atoms with Crippen LogP contribution in [0.25, 0.3) is 0 Å². The second-order valence-corrected chi connectivity index (χ2v) is 4.28. The van der Waals surface area contributed by atoms with Gasteiger partial charge in [-0.25, -0.2) is 4.39 Å². The van der Waals surface area contributed by atoms with Gasteiger partial charge >= 0.3 is 0 Å². The van der Waals surface area contributed by atoms with Crippen molar-refractivity contribution in [3.63, 3.8) is 0 Å². The molecule has 1 aliphatic heterocycles. The van der Waals surface area contributed by atoms with Crippen molar-refractivity contribution in [3.8, 4) is 6.07 Å². The zero-order chi connectivity index (χ0) is 12.3. The normalized spacial score (nSPS) is 21.1. The molecule has 4 heteroatoms. The SMILES string of the molecule is CC1COCCN1Cc1cccc(C#N)c1F. The summed E-state index contributed by atoms with van der Waals surface area (Å²) in [5.74, 6) is -0.395. The maximum absolute atomic E-state index is 13.9. The summed E-state index contributed by atoms with van der Waals surface area (Å²) in [6, 6.07) is 7.11. The van der Waals surface area contributed by atoms with Crippen LogP contribution in [-0.2, 0) is 11.3 Å². The Bertz CT molecular complexity index is 442. The van der Waals surface area contributed by atoms with Crippen LogP contribution in [0.4, 0.5) is 4.39 Å². The van der Waals surface area contributed by atoms with Gasteiger partial charge in [-0.2, -0.15) is 5.26 Å². The van der Waals surface area contributed by atoms with E-state index in [4.69, 9.17) is 10.00 Å². The topological polar surface area (TPSA) is 36.3 Å². The molecular formula is C13H15FN2O. The third-order valence-electron chi connectivity index (χ3n) is 3.08. The average molecular weight is 234 g/mol. The van der Waals surface area contributed by atoms with Gasteiger partial charge in [0.05, 0.1) is 18.8 Å². The highest BCUT2D eigenvalue weighted by Crippen LogP contribution is 2.17. The van der Waals surface area contributed by atoms with Crippen LogP contribution in [0, 0.1) is 17.1 Å². The number of morpholine rings is 1. The summed E-state index contributed by atoms with van der Waals surface area (Å²) >= 11 is 0. The Kier molecular flexibility index (Phi) is 3.72. The van der Waals surface area contributed by atoms with Crippen molar-refractivity contribution >= 4 is 0 Å². The molecule has 0 aromatic heterocycles. The third-order valence-corrected chi connectivity index (χ3v) is 3.08. The zero-order valence-electron chi connectivity index (χ0n) is 9.82. The van der Waals surface area contributed by atoms with Crippen molar-refractivity contribution < 1.29 is 9.13 Å². The van der Waals surface area contributed by atoms with Crippen LogP contribution >= 0.6 is 0 Å². The first-order chi connectivity index (χ1) is 8.22. The van der Waals surface area contributed by atoms with Crippen molar-refractivity contribution in [2.24, 2.45) is 0 Å². The van der Waals surface area contributed by atoms with E-state index in [-0.39, 0.29) is 11.6 Å². The standard InChI is InChI=1S/C13H15FN2O/c1-10-9-17-6-5-16(10)8-12-4-2-3-11(7-15)13(12)14/h2-4,10H,5-6,8-9H2,1H3. The first-order valence-electron chi connectivity index (χ1n) is 5.71. The van der Waals surface area contributed by atoms with Gasteiger partial charge in [0.25, 0.3) is 0 Å². The van der Waals surface area contributed by atoms with Gasteiger partial charge in [-0.05, 0) is 13.0 Å². The number of rotatable bonds is 2. The van der Waals surface area contributed by atoms with Crippen molar-refractivity contribution in [3.05, 3.63) is 35.1 Å². The predicted molar refractivity (Wildman–Crippen MR) is 61.8 cm³/mol. The van der Waals surface area contributed by atoms with Gasteiger partial charge in [0.1, 0.15) is 11.9 Å². The molecule has 0 N–H and O–H groups in total. The van der Waals surface area contributed by atoms with Crippen molar-refractivity contribution in [1.82, 2.24) is 4.90 Å². The number of nitrogens with zero attached hydrogens (tertiary/aromatic N) is 2. The van der Waals surface area contributed by atoms with E-state index >= 15 is 0 Å². The summed E-state index contributed by atoms with van der Waals surface area (Å²) in [6.45, 7) is 4.76. The van der Waals surface area contributed by atoms with Crippen LogP contribution in [0.15, 0.2) is 18.2 Å². The quantitative estimate of drug-likeness (QED) is 0.784. The van der Waals surface area contributed by atoms with E-state index in [1.54, 1.807) is 12.1 Å². The summed E-state index contributed by atoms with van der Waals surface area (Å²) in [5.41, 5.74) is 0.696. The Morgan fingerprint density at radius 2 is 2.41 bits per heavy atom. The van der Waals surface area contributed by atoms with Gasteiger partial charge in [0.2, 0.25) is 0 Å². The smallest absolute Gasteiger partial charge is 0.145 e. The van der Waals surface area contributed by atoms with E-state index in [0.717, 1.165) is 6.54 Å². The zero-order valence-corrected chi connectivity index (χ0v) is 9.82. The number of ether oxygens (including phenoxy) is 1. The fraction of sp³-hybridized carbons (Fsp3) is 0.462. The Hall–Kier alpha value is -1.44. The fourth-order valence-corrected chi connectivity index (χ4v) is 2.00. The van der Waals surface area contributed by atoms with Crippen LogP contribution in [-0.4, -0.2) is 30.7 Å². The molecule has 0 radical (unpaired) electrons. The van der Waals surface area contributed by atoms with Crippen LogP contribution < -0.4 is 0 Å². The largest absolute Gasteiger partial charge is 0.379 e. The van der Waals surface area contributed by atoms with Gasteiger partial charge in [-0.1, -0.05) is 12.1 Å². The van der Waals surface area contributed by atoms with Gasteiger partial charge in [-0.15, -0.1) is 0 Å². The van der Waals surface area contributed by atoms with Crippen LogP contribution in [0.1, 0.15) is 18.1 Å². The van der Waals surface area contributed by atoms with Crippen molar-refractivity contribution in [2.75, 3.05) is 19.8 Å². The molecule has 1 fully saturated rings. The number of nitriles is 1. The van der Waals surface area contributed by atoms with Crippen LogP contribution in [0.3, 0.4) is 0 Å². The average Bonchev–Trinajstić information content (AvgIpc) is 2.34. The first-order valence-corrected chi connectivity index (χ1v) is 5.71. The molecule has 2 rings (SSSR count). The minimum absolute atomic E-state index is 0.114. The lowest BCUT2D eigenvalue weighted by Gasteiger charge is -2.33. The second kappa shape index (κ2) is 5.26. The minimum Gasteiger partial charge on any atom is -0.379 e. The molecule has 1 aromatic carbocycles. The highest BCUT2D eigenvalue weighted by molar-refractivity contribution is 5.34. The Morgan fingerprint density at radius 1 is 1.59 bits per heavy atom. The summed E-state index contributed by atoms with van der Waals surface area (Å²) in [5, 5.41) is 8.78. The van der Waals surface area contributed by atoms with Gasteiger partial charge in [0.15, 0.2) is 0 Å². The molecule has 0 aliphatic carbocycles. The molecule has 1 saturated heterocycles. The lowest BCUT2D eigenvalue weighted by atomic mass is 10.1. The molecule has 17 heavy (non-hydrogen) atoms. The monoisotopic (exact) mass is 234 g/mol. The molecule has 1 aliphatic rings. The predicted octanol–water partition coefficient (Wildman–Crippen LogP) is 1.92. The lowest BCUT2D eigenvalue weighted by Crippen LogP contribution is -2.43. The van der Waals surface area contributed by atoms with E-state index < -0.39 is 5.82 Å². The molecule has 0 saturated carbocycles. The van der Waals surface area contributed by atoms with Gasteiger partial charge in [0, 0.05) is 24.7 Å². The number of hydrogen-bond acceptors (Lipinski definition) is 3. The number of hydrogen-bond donors (Lipinski definition) is 0. The minimum atomic E-state index is -0.395. The maximum Gasteiger partial charge on any atom is 0.145 e. The van der Waals surface area contributed by atoms with Crippen molar-refractivity contribution in [2.45, 2.75) is 19.5 Å². The first kappa shape index (κ1) is 12.0. The van der Waals surface area contributed by atoms with E-state index in [0.29, 0.717) is 25.3 Å². The molecule has 1 aromatic rings. The Balaban J connectivity index is 2.16. The molecular weight excluding hydrogens is 219 g/mol. The van der Waals surface area contributed by atoms with E-state index in [1.807, 2.05) is 6.07 Å². The molecule has 0 amide bonds. The molecule has 0 spiro atoms. The lowest BCUT2D eigenvalue weighted by molar-refractivity contribution is -0.00480. The van der Waals surface area contributed by atoms with Gasteiger partial charge < -0.3 is 4.74 Å². The summed E-state index contributed by atoms with van der Waals surface area (Å²) in [7, 11) is 0. The summed E-state index contributed by atoms with van der Waals surface area (Å²) in [4.78, 5) is 2.17. The molecule has 90 valence electrons. The van der Waals surface area contributed by atoms with Crippen molar-refractivity contribution in [1.29, 1.82) is 5.26 Å². The molecule has 1 unspecified atom stereocenters. The second-order valence-electron chi connectivity index (χ2n) is 4.28. The van der Waals surface area contributed by atoms with E-state index in [1.165, 1.54) is 6.07 Å². The summed E-state index contributed by atoms with van der Waals surface area (Å²) < 4.78 is 19.2. The summed E-state index contributed by atoms with van der Waals surface area (Å²) in [6.07, 6.45) is 0. The Morgan fingerprint density at radius 3 is 3.12 bits per heavy atom. The Labute approximate surface area is 100 Å². The highest BCUT2D eigenvalue weighted by atomic mass is 19.1. The maximum atomic E-state index is 13.9. The van der Waals surface area contributed by atoms with Gasteiger partial charge in [-0.3, -0.25) is 4.90 Å². The van der Waals surface area contributed by atoms with E-state index in [2.05, 4.69) is 11.8 Å². The van der Waals surface area contributed by atoms with E-state index in [9.17, 15) is 4.39 Å². The van der Waals surface area contributed by atoms with Crippen LogP contribution in [0.2, 0.25) is 0 Å². The molecule has 0 bridgehead atoms. The molecule has 3 nitrogen and oxygen atoms in total. The number of halogens is 1. The molecule has 1 atom stereocenters. The van der Waals surface area contributed by atoms with Crippen LogP contribution in [0.5, 0.6) is 0 Å². The highest BCUT2D eigenvalue weighted by Gasteiger charge is 2.20. The molecule has 1 heterocycles. The third kappa shape index (κ3) is 2.63.